The lowest BCUT2D eigenvalue weighted by molar-refractivity contribution is -0.135. The highest BCUT2D eigenvalue weighted by Crippen LogP contribution is 2.14. The van der Waals surface area contributed by atoms with Crippen LogP contribution in [0.5, 0.6) is 5.75 Å². The Hall–Kier alpha value is -3.48. The van der Waals surface area contributed by atoms with Crippen molar-refractivity contribution >= 4 is 22.8 Å². The number of fused-ring (bicyclic) bond motifs is 1. The zero-order chi connectivity index (χ0) is 18.7. The van der Waals surface area contributed by atoms with Gasteiger partial charge in [-0.05, 0) is 36.8 Å². The van der Waals surface area contributed by atoms with Crippen molar-refractivity contribution in [3.05, 3.63) is 70.3 Å². The van der Waals surface area contributed by atoms with Gasteiger partial charge in [0, 0.05) is 0 Å². The Labute approximate surface area is 149 Å². The molecule has 0 fully saturated rings. The third-order valence-electron chi connectivity index (χ3n) is 3.85. The van der Waals surface area contributed by atoms with Crippen molar-refractivity contribution in [2.45, 2.75) is 19.9 Å². The average Bonchev–Trinajstić information content (AvgIpc) is 2.58. The van der Waals surface area contributed by atoms with Crippen molar-refractivity contribution in [1.82, 2.24) is 9.55 Å². The molecule has 0 aliphatic heterocycles. The van der Waals surface area contributed by atoms with E-state index in [1.807, 2.05) is 0 Å². The standard InChI is InChI=1S/C19H17N3O4/c1-12-21-16-8-3-2-7-15(16)19(25)22(12)11-18(24)26-14-6-4-5-13(9-14)10-17(20)23/h2-9H,10-11H2,1H3,(H2,20,23). The largest absolute Gasteiger partial charge is 0.425 e. The van der Waals surface area contributed by atoms with Crippen LogP contribution in [0.15, 0.2) is 53.3 Å². The minimum atomic E-state index is -0.608. The molecule has 0 atom stereocenters. The number of hydrogen-bond donors (Lipinski definition) is 1. The lowest BCUT2D eigenvalue weighted by Crippen LogP contribution is -2.29. The van der Waals surface area contributed by atoms with Crippen LogP contribution in [0, 0.1) is 6.92 Å². The summed E-state index contributed by atoms with van der Waals surface area (Å²) in [6, 6.07) is 13.5. The van der Waals surface area contributed by atoms with Crippen LogP contribution in [-0.4, -0.2) is 21.4 Å². The first kappa shape index (κ1) is 17.3. The molecule has 2 N–H and O–H groups in total. The molecular weight excluding hydrogens is 334 g/mol. The predicted octanol–water partition coefficient (Wildman–Crippen LogP) is 1.34. The Morgan fingerprint density at radius 2 is 1.92 bits per heavy atom. The summed E-state index contributed by atoms with van der Waals surface area (Å²) >= 11 is 0. The summed E-state index contributed by atoms with van der Waals surface area (Å²) in [4.78, 5) is 40.2. The first-order valence-corrected chi connectivity index (χ1v) is 7.98. The van der Waals surface area contributed by atoms with E-state index in [1.165, 1.54) is 4.57 Å². The van der Waals surface area contributed by atoms with Gasteiger partial charge in [-0.25, -0.2) is 9.78 Å². The van der Waals surface area contributed by atoms with Crippen LogP contribution in [0.2, 0.25) is 0 Å². The van der Waals surface area contributed by atoms with Crippen LogP contribution in [0.1, 0.15) is 11.4 Å². The number of benzene rings is 2. The second kappa shape index (κ2) is 7.18. The van der Waals surface area contributed by atoms with Crippen LogP contribution in [0.25, 0.3) is 10.9 Å². The fourth-order valence-corrected chi connectivity index (χ4v) is 2.68. The number of aromatic nitrogens is 2. The SMILES string of the molecule is Cc1nc2ccccc2c(=O)n1CC(=O)Oc1cccc(CC(N)=O)c1. The van der Waals surface area contributed by atoms with Crippen LogP contribution in [0.4, 0.5) is 0 Å². The maximum atomic E-state index is 12.6. The van der Waals surface area contributed by atoms with Gasteiger partial charge in [0.25, 0.3) is 5.56 Å². The molecule has 3 rings (SSSR count). The zero-order valence-electron chi connectivity index (χ0n) is 14.1. The second-order valence-electron chi connectivity index (χ2n) is 5.83. The van der Waals surface area contributed by atoms with E-state index in [4.69, 9.17) is 10.5 Å². The minimum Gasteiger partial charge on any atom is -0.425 e. The fraction of sp³-hybridized carbons (Fsp3) is 0.158. The van der Waals surface area contributed by atoms with E-state index < -0.39 is 11.9 Å². The first-order valence-electron chi connectivity index (χ1n) is 7.98. The highest BCUT2D eigenvalue weighted by Gasteiger charge is 2.13. The van der Waals surface area contributed by atoms with Crippen molar-refractivity contribution in [2.24, 2.45) is 5.73 Å². The molecule has 0 saturated carbocycles. The van der Waals surface area contributed by atoms with E-state index in [-0.39, 0.29) is 24.3 Å². The lowest BCUT2D eigenvalue weighted by Gasteiger charge is -2.11. The Morgan fingerprint density at radius 1 is 1.15 bits per heavy atom. The zero-order valence-corrected chi connectivity index (χ0v) is 14.1. The first-order chi connectivity index (χ1) is 12.4. The summed E-state index contributed by atoms with van der Waals surface area (Å²) in [7, 11) is 0. The minimum absolute atomic E-state index is 0.0541. The number of rotatable bonds is 5. The summed E-state index contributed by atoms with van der Waals surface area (Å²) in [5.41, 5.74) is 6.09. The second-order valence-corrected chi connectivity index (χ2v) is 5.83. The normalized spacial score (nSPS) is 10.7. The summed E-state index contributed by atoms with van der Waals surface area (Å²) in [5, 5.41) is 0.439. The van der Waals surface area contributed by atoms with E-state index in [0.29, 0.717) is 22.3 Å². The van der Waals surface area contributed by atoms with Gasteiger partial charge < -0.3 is 10.5 Å². The number of ether oxygens (including phenoxy) is 1. The van der Waals surface area contributed by atoms with Gasteiger partial charge in [0.15, 0.2) is 0 Å². The predicted molar refractivity (Wildman–Crippen MR) is 95.7 cm³/mol. The fourth-order valence-electron chi connectivity index (χ4n) is 2.68. The Morgan fingerprint density at radius 3 is 2.69 bits per heavy atom. The van der Waals surface area contributed by atoms with E-state index in [9.17, 15) is 14.4 Å². The monoisotopic (exact) mass is 351 g/mol. The Kier molecular flexibility index (Phi) is 4.79. The molecule has 26 heavy (non-hydrogen) atoms. The molecule has 7 heteroatoms. The molecule has 1 heterocycles. The molecule has 0 aliphatic rings. The topological polar surface area (TPSA) is 104 Å². The summed E-state index contributed by atoms with van der Waals surface area (Å²) in [6.07, 6.45) is 0.0541. The molecule has 7 nitrogen and oxygen atoms in total. The number of amides is 1. The molecule has 0 aliphatic carbocycles. The third-order valence-corrected chi connectivity index (χ3v) is 3.85. The number of esters is 1. The van der Waals surface area contributed by atoms with Crippen LogP contribution >= 0.6 is 0 Å². The lowest BCUT2D eigenvalue weighted by atomic mass is 10.1. The average molecular weight is 351 g/mol. The number of carbonyl (C=O) groups is 2. The molecule has 2 aromatic carbocycles. The summed E-state index contributed by atoms with van der Waals surface area (Å²) < 4.78 is 6.56. The molecule has 1 aromatic heterocycles. The number of nitrogens with two attached hydrogens (primary N) is 1. The number of carbonyl (C=O) groups excluding carboxylic acids is 2. The van der Waals surface area contributed by atoms with Gasteiger partial charge >= 0.3 is 5.97 Å². The van der Waals surface area contributed by atoms with E-state index >= 15 is 0 Å². The van der Waals surface area contributed by atoms with Crippen LogP contribution in [0.3, 0.4) is 0 Å². The van der Waals surface area contributed by atoms with Crippen molar-refractivity contribution in [3.8, 4) is 5.75 Å². The van der Waals surface area contributed by atoms with Crippen LogP contribution in [-0.2, 0) is 22.6 Å². The summed E-state index contributed by atoms with van der Waals surface area (Å²) in [6.45, 7) is 1.40. The van der Waals surface area contributed by atoms with Crippen molar-refractivity contribution in [1.29, 1.82) is 0 Å². The molecule has 132 valence electrons. The van der Waals surface area contributed by atoms with E-state index in [2.05, 4.69) is 4.98 Å². The van der Waals surface area contributed by atoms with Crippen molar-refractivity contribution in [2.75, 3.05) is 0 Å². The number of hydrogen-bond acceptors (Lipinski definition) is 5. The number of primary amides is 1. The Bertz CT molecular complexity index is 1060. The number of aryl methyl sites for hydroxylation is 1. The molecule has 0 unspecified atom stereocenters. The smallest absolute Gasteiger partial charge is 0.331 e. The number of nitrogens with zero attached hydrogens (tertiary/aromatic N) is 2. The summed E-state index contributed by atoms with van der Waals surface area (Å²) in [5.74, 6) is -0.372. The van der Waals surface area contributed by atoms with Gasteiger partial charge in [-0.3, -0.25) is 14.2 Å². The van der Waals surface area contributed by atoms with Crippen molar-refractivity contribution in [3.63, 3.8) is 0 Å². The third kappa shape index (κ3) is 3.77. The molecule has 0 saturated heterocycles. The van der Waals surface area contributed by atoms with Gasteiger partial charge in [0.2, 0.25) is 5.91 Å². The number of para-hydroxylation sites is 1. The maximum absolute atomic E-state index is 12.6. The quantitative estimate of drug-likeness (QED) is 0.552. The maximum Gasteiger partial charge on any atom is 0.331 e. The van der Waals surface area contributed by atoms with E-state index in [0.717, 1.165) is 0 Å². The van der Waals surface area contributed by atoms with E-state index in [1.54, 1.807) is 55.5 Å². The van der Waals surface area contributed by atoms with Crippen molar-refractivity contribution < 1.29 is 14.3 Å². The Balaban J connectivity index is 1.82. The van der Waals surface area contributed by atoms with Gasteiger partial charge in [-0.15, -0.1) is 0 Å². The van der Waals surface area contributed by atoms with Gasteiger partial charge in [0.05, 0.1) is 17.3 Å². The highest BCUT2D eigenvalue weighted by atomic mass is 16.5. The molecule has 0 spiro atoms. The molecule has 3 aromatic rings. The molecule has 0 bridgehead atoms. The van der Waals surface area contributed by atoms with Gasteiger partial charge in [-0.2, -0.15) is 0 Å². The molecular formula is C19H17N3O4. The van der Waals surface area contributed by atoms with Gasteiger partial charge in [0.1, 0.15) is 18.1 Å². The van der Waals surface area contributed by atoms with Gasteiger partial charge in [-0.1, -0.05) is 24.3 Å². The molecule has 0 radical (unpaired) electrons. The molecule has 1 amide bonds. The highest BCUT2D eigenvalue weighted by molar-refractivity contribution is 5.79. The van der Waals surface area contributed by atoms with Crippen LogP contribution < -0.4 is 16.0 Å².